The number of para-hydroxylation sites is 1. The van der Waals surface area contributed by atoms with Crippen LogP contribution in [0.4, 0.5) is 5.69 Å². The van der Waals surface area contributed by atoms with E-state index in [0.29, 0.717) is 17.1 Å². The maximum Gasteiger partial charge on any atom is 0.275 e. The maximum absolute atomic E-state index is 12.4. The number of ether oxygens (including phenoxy) is 3. The van der Waals surface area contributed by atoms with E-state index in [1.54, 1.807) is 32.4 Å². The van der Waals surface area contributed by atoms with Crippen molar-refractivity contribution in [1.29, 1.82) is 5.26 Å². The van der Waals surface area contributed by atoms with E-state index in [-0.39, 0.29) is 37.4 Å². The summed E-state index contributed by atoms with van der Waals surface area (Å²) in [6.45, 7) is 8.21. The molecular formula is C38H44N3O7P. The van der Waals surface area contributed by atoms with Gasteiger partial charge in [-0.25, -0.2) is 4.67 Å². The molecule has 4 aromatic carbocycles. The molecule has 4 aromatic rings. The lowest BCUT2D eigenvalue weighted by molar-refractivity contribution is -0.386. The number of benzene rings is 4. The predicted molar refractivity (Wildman–Crippen MR) is 190 cm³/mol. The van der Waals surface area contributed by atoms with Gasteiger partial charge in [-0.2, -0.15) is 5.26 Å². The van der Waals surface area contributed by atoms with Crippen molar-refractivity contribution in [3.05, 3.63) is 135 Å². The molecule has 0 spiro atoms. The normalized spacial score (nSPS) is 12.9. The fraction of sp³-hybridized carbons (Fsp3) is 0.342. The van der Waals surface area contributed by atoms with Gasteiger partial charge >= 0.3 is 0 Å². The van der Waals surface area contributed by atoms with Crippen LogP contribution < -0.4 is 9.47 Å². The van der Waals surface area contributed by atoms with Gasteiger partial charge in [0.1, 0.15) is 23.2 Å². The zero-order valence-electron chi connectivity index (χ0n) is 28.8. The Kier molecular flexibility index (Phi) is 13.7. The van der Waals surface area contributed by atoms with Crippen LogP contribution in [-0.4, -0.2) is 49.1 Å². The van der Waals surface area contributed by atoms with Gasteiger partial charge in [0.25, 0.3) is 14.2 Å². The standard InChI is InChI=1S/C38H44N3O7P/c1-28(2)40(29(3)4)49(47-26-12-25-39)48-37(35-15-10-11-16-36(35)41(42)43)27-46-38(30-13-8-7-9-14-30,31-17-21-33(44-5)22-18-31)32-19-23-34(45-6)24-20-32/h7-11,13-24,28-29,37H,12,26-27H2,1-6H3. The van der Waals surface area contributed by atoms with Gasteiger partial charge in [-0.15, -0.1) is 0 Å². The molecule has 0 saturated carbocycles. The summed E-state index contributed by atoms with van der Waals surface area (Å²) in [5.41, 5.74) is 1.52. The number of nitro benzene ring substituents is 1. The second-order valence-electron chi connectivity index (χ2n) is 11.8. The number of nitrogens with zero attached hydrogens (tertiary/aromatic N) is 3. The van der Waals surface area contributed by atoms with Crippen LogP contribution in [0.3, 0.4) is 0 Å². The number of methoxy groups -OCH3 is 2. The fourth-order valence-electron chi connectivity index (χ4n) is 5.78. The molecule has 2 atom stereocenters. The molecule has 4 rings (SSSR count). The number of hydrogen-bond acceptors (Lipinski definition) is 9. The van der Waals surface area contributed by atoms with E-state index in [2.05, 4.69) is 10.7 Å². The first kappa shape index (κ1) is 37.5. The minimum Gasteiger partial charge on any atom is -0.497 e. The molecule has 49 heavy (non-hydrogen) atoms. The second kappa shape index (κ2) is 17.9. The molecule has 0 saturated heterocycles. The van der Waals surface area contributed by atoms with Crippen molar-refractivity contribution in [2.75, 3.05) is 27.4 Å². The molecule has 0 bridgehead atoms. The number of hydrogen-bond donors (Lipinski definition) is 0. The molecule has 0 aliphatic rings. The molecule has 0 radical (unpaired) electrons. The SMILES string of the molecule is COc1ccc(C(OCC(OP(OCCC#N)N(C(C)C)C(C)C)c2ccccc2[N+](=O)[O-])(c2ccccc2)c2ccc(OC)cc2)cc1. The first-order valence-electron chi connectivity index (χ1n) is 16.1. The first-order valence-corrected chi connectivity index (χ1v) is 17.3. The molecular weight excluding hydrogens is 641 g/mol. The number of nitriles is 1. The van der Waals surface area contributed by atoms with Gasteiger partial charge < -0.3 is 23.3 Å². The molecule has 0 N–H and O–H groups in total. The highest BCUT2D eigenvalue weighted by Gasteiger charge is 2.41. The Labute approximate surface area is 290 Å². The van der Waals surface area contributed by atoms with Gasteiger partial charge in [-0.3, -0.25) is 10.1 Å². The van der Waals surface area contributed by atoms with E-state index in [1.165, 1.54) is 6.07 Å². The van der Waals surface area contributed by atoms with E-state index in [0.717, 1.165) is 16.7 Å². The van der Waals surface area contributed by atoms with Crippen LogP contribution in [-0.2, 0) is 19.4 Å². The van der Waals surface area contributed by atoms with Crippen molar-refractivity contribution >= 4 is 14.2 Å². The van der Waals surface area contributed by atoms with Gasteiger partial charge in [0.15, 0.2) is 0 Å². The van der Waals surface area contributed by atoms with Crippen LogP contribution in [0.5, 0.6) is 11.5 Å². The lowest BCUT2D eigenvalue weighted by atomic mass is 9.80. The quantitative estimate of drug-likeness (QED) is 0.0333. The van der Waals surface area contributed by atoms with E-state index in [4.69, 9.17) is 23.3 Å². The first-order chi connectivity index (χ1) is 23.7. The second-order valence-corrected chi connectivity index (χ2v) is 13.2. The lowest BCUT2D eigenvalue weighted by Gasteiger charge is -2.39. The van der Waals surface area contributed by atoms with Crippen molar-refractivity contribution in [1.82, 2.24) is 4.67 Å². The molecule has 2 unspecified atom stereocenters. The Balaban J connectivity index is 1.92. The summed E-state index contributed by atoms with van der Waals surface area (Å²) in [4.78, 5) is 12.0. The molecule has 0 aromatic heterocycles. The highest BCUT2D eigenvalue weighted by molar-refractivity contribution is 7.44. The minimum atomic E-state index is -1.79. The van der Waals surface area contributed by atoms with Crippen LogP contribution in [0.25, 0.3) is 0 Å². The van der Waals surface area contributed by atoms with E-state index in [9.17, 15) is 15.4 Å². The Morgan fingerprint density at radius 2 is 1.31 bits per heavy atom. The topological polar surface area (TPSA) is 116 Å². The summed E-state index contributed by atoms with van der Waals surface area (Å²) in [6.07, 6.45) is -0.764. The molecule has 0 aliphatic heterocycles. The average molecular weight is 686 g/mol. The molecule has 0 fully saturated rings. The molecule has 258 valence electrons. The van der Waals surface area contributed by atoms with E-state index in [1.807, 2.05) is 107 Å². The highest BCUT2D eigenvalue weighted by Crippen LogP contribution is 2.51. The van der Waals surface area contributed by atoms with E-state index >= 15 is 0 Å². The van der Waals surface area contributed by atoms with Gasteiger partial charge in [-0.05, 0) is 74.7 Å². The number of nitro groups is 1. The third-order valence-corrected chi connectivity index (χ3v) is 10.1. The van der Waals surface area contributed by atoms with Crippen molar-refractivity contribution < 1.29 is 28.2 Å². The van der Waals surface area contributed by atoms with Gasteiger partial charge in [0.05, 0.1) is 50.4 Å². The van der Waals surface area contributed by atoms with Crippen LogP contribution in [0.1, 0.15) is 62.5 Å². The van der Waals surface area contributed by atoms with Crippen molar-refractivity contribution in [3.8, 4) is 17.6 Å². The monoisotopic (exact) mass is 685 g/mol. The Hall–Kier alpha value is -4.36. The Bertz CT molecular complexity index is 1610. The zero-order chi connectivity index (χ0) is 35.4. The Morgan fingerprint density at radius 1 is 0.796 bits per heavy atom. The lowest BCUT2D eigenvalue weighted by Crippen LogP contribution is -2.36. The highest BCUT2D eigenvalue weighted by atomic mass is 31.2. The smallest absolute Gasteiger partial charge is 0.275 e. The van der Waals surface area contributed by atoms with Crippen molar-refractivity contribution in [3.63, 3.8) is 0 Å². The summed E-state index contributed by atoms with van der Waals surface area (Å²) in [6, 6.07) is 33.8. The van der Waals surface area contributed by atoms with Crippen molar-refractivity contribution in [2.45, 2.75) is 57.9 Å². The van der Waals surface area contributed by atoms with Gasteiger partial charge in [0.2, 0.25) is 0 Å². The molecule has 10 nitrogen and oxygen atoms in total. The van der Waals surface area contributed by atoms with Crippen LogP contribution in [0.2, 0.25) is 0 Å². The van der Waals surface area contributed by atoms with Gasteiger partial charge in [0, 0.05) is 18.2 Å². The Morgan fingerprint density at radius 3 is 1.80 bits per heavy atom. The van der Waals surface area contributed by atoms with Gasteiger partial charge in [-0.1, -0.05) is 66.7 Å². The van der Waals surface area contributed by atoms with Crippen molar-refractivity contribution in [2.24, 2.45) is 0 Å². The third kappa shape index (κ3) is 9.01. The molecule has 0 heterocycles. The summed E-state index contributed by atoms with van der Waals surface area (Å²) in [5.74, 6) is 1.37. The fourth-order valence-corrected chi connectivity index (χ4v) is 7.48. The summed E-state index contributed by atoms with van der Waals surface area (Å²) in [5, 5.41) is 21.6. The maximum atomic E-state index is 12.4. The van der Waals surface area contributed by atoms with E-state index < -0.39 is 25.2 Å². The minimum absolute atomic E-state index is 0.0162. The largest absolute Gasteiger partial charge is 0.497 e. The van der Waals surface area contributed by atoms with Crippen LogP contribution in [0, 0.1) is 21.4 Å². The molecule has 0 aliphatic carbocycles. The molecule has 0 amide bonds. The average Bonchev–Trinajstić information content (AvgIpc) is 3.12. The molecule has 11 heteroatoms. The zero-order valence-corrected chi connectivity index (χ0v) is 29.7. The summed E-state index contributed by atoms with van der Waals surface area (Å²) in [7, 11) is 1.44. The van der Waals surface area contributed by atoms with Crippen LogP contribution >= 0.6 is 8.53 Å². The third-order valence-electron chi connectivity index (χ3n) is 7.98. The summed E-state index contributed by atoms with van der Waals surface area (Å²) >= 11 is 0. The number of rotatable bonds is 18. The predicted octanol–water partition coefficient (Wildman–Crippen LogP) is 8.95. The summed E-state index contributed by atoms with van der Waals surface area (Å²) < 4.78 is 33.3. The van der Waals surface area contributed by atoms with Crippen LogP contribution in [0.15, 0.2) is 103 Å².